The maximum absolute atomic E-state index is 12.4. The Bertz CT molecular complexity index is 496. The highest BCUT2D eigenvalue weighted by Crippen LogP contribution is 2.27. The Balaban J connectivity index is 2.06. The normalized spacial score (nSPS) is 19.8. The lowest BCUT2D eigenvalue weighted by molar-refractivity contribution is -0.118. The first-order valence-electron chi connectivity index (χ1n) is 8.12. The van der Waals surface area contributed by atoms with Crippen LogP contribution in [0.15, 0.2) is 18.2 Å². The highest BCUT2D eigenvalue weighted by Gasteiger charge is 2.21. The average Bonchev–Trinajstić information content (AvgIpc) is 2.43. The van der Waals surface area contributed by atoms with E-state index in [-0.39, 0.29) is 5.91 Å². The molecule has 116 valence electrons. The molecule has 3 heteroatoms. The van der Waals surface area contributed by atoms with Gasteiger partial charge in [0, 0.05) is 11.7 Å². The number of amides is 1. The fourth-order valence-electron chi connectivity index (χ4n) is 3.10. The van der Waals surface area contributed by atoms with Gasteiger partial charge in [-0.2, -0.15) is 0 Å². The van der Waals surface area contributed by atoms with Crippen molar-refractivity contribution in [2.24, 2.45) is 0 Å². The minimum absolute atomic E-state index is 0.111. The molecule has 1 aliphatic heterocycles. The molecule has 0 spiro atoms. The van der Waals surface area contributed by atoms with Gasteiger partial charge in [0.1, 0.15) is 0 Å². The molecule has 1 aromatic rings. The van der Waals surface area contributed by atoms with Gasteiger partial charge in [0.25, 0.3) is 0 Å². The van der Waals surface area contributed by atoms with Crippen LogP contribution in [0.2, 0.25) is 0 Å². The fourth-order valence-corrected chi connectivity index (χ4v) is 3.10. The van der Waals surface area contributed by atoms with E-state index in [0.717, 1.165) is 17.8 Å². The first kappa shape index (κ1) is 16.0. The molecule has 1 heterocycles. The van der Waals surface area contributed by atoms with E-state index in [9.17, 15) is 4.79 Å². The van der Waals surface area contributed by atoms with E-state index >= 15 is 0 Å². The lowest BCUT2D eigenvalue weighted by Crippen LogP contribution is -2.42. The standard InChI is InChI=1S/C18H28N2O/c1-13(2)16-10-7-8-14(3)18(16)19-17(21)12-20-11-6-5-9-15(20)4/h7-8,10,13,15H,5-6,9,11-12H2,1-4H3,(H,19,21). The molecule has 0 saturated carbocycles. The van der Waals surface area contributed by atoms with Crippen LogP contribution in [-0.4, -0.2) is 29.9 Å². The number of aryl methyl sites for hydroxylation is 1. The minimum Gasteiger partial charge on any atom is -0.324 e. The lowest BCUT2D eigenvalue weighted by atomic mass is 9.98. The van der Waals surface area contributed by atoms with Gasteiger partial charge in [-0.05, 0) is 50.3 Å². The van der Waals surface area contributed by atoms with E-state index in [1.807, 2.05) is 0 Å². The monoisotopic (exact) mass is 288 g/mol. The summed E-state index contributed by atoms with van der Waals surface area (Å²) in [6.45, 7) is 10.2. The summed E-state index contributed by atoms with van der Waals surface area (Å²) < 4.78 is 0. The van der Waals surface area contributed by atoms with Crippen LogP contribution in [0.25, 0.3) is 0 Å². The number of carbonyl (C=O) groups excluding carboxylic acids is 1. The average molecular weight is 288 g/mol. The second kappa shape index (κ2) is 7.08. The van der Waals surface area contributed by atoms with Crippen molar-refractivity contribution in [3.05, 3.63) is 29.3 Å². The number of rotatable bonds is 4. The minimum atomic E-state index is 0.111. The number of carbonyl (C=O) groups is 1. The van der Waals surface area contributed by atoms with Crippen molar-refractivity contribution < 1.29 is 4.79 Å². The predicted molar refractivity (Wildman–Crippen MR) is 88.8 cm³/mol. The summed E-state index contributed by atoms with van der Waals surface area (Å²) in [5, 5.41) is 3.15. The smallest absolute Gasteiger partial charge is 0.238 e. The zero-order valence-electron chi connectivity index (χ0n) is 13.8. The third-order valence-electron chi connectivity index (χ3n) is 4.48. The Morgan fingerprint density at radius 2 is 2.14 bits per heavy atom. The number of anilines is 1. The summed E-state index contributed by atoms with van der Waals surface area (Å²) >= 11 is 0. The van der Waals surface area contributed by atoms with E-state index in [1.54, 1.807) is 0 Å². The second-order valence-corrected chi connectivity index (χ2v) is 6.56. The van der Waals surface area contributed by atoms with E-state index < -0.39 is 0 Å². The summed E-state index contributed by atoms with van der Waals surface area (Å²) in [5.74, 6) is 0.522. The number of piperidine rings is 1. The van der Waals surface area contributed by atoms with Crippen molar-refractivity contribution >= 4 is 11.6 Å². The van der Waals surface area contributed by atoms with Crippen LogP contribution in [0.3, 0.4) is 0 Å². The van der Waals surface area contributed by atoms with Crippen molar-refractivity contribution in [2.75, 3.05) is 18.4 Å². The molecule has 0 radical (unpaired) electrons. The summed E-state index contributed by atoms with van der Waals surface area (Å²) in [6, 6.07) is 6.75. The van der Waals surface area contributed by atoms with Crippen molar-refractivity contribution in [3.63, 3.8) is 0 Å². The topological polar surface area (TPSA) is 32.3 Å². The molecule has 1 fully saturated rings. The molecule has 0 aliphatic carbocycles. The number of nitrogens with one attached hydrogen (secondary N) is 1. The van der Waals surface area contributed by atoms with Crippen LogP contribution < -0.4 is 5.32 Å². The second-order valence-electron chi connectivity index (χ2n) is 6.56. The molecule has 21 heavy (non-hydrogen) atoms. The number of likely N-dealkylation sites (tertiary alicyclic amines) is 1. The van der Waals surface area contributed by atoms with Gasteiger partial charge in [0.15, 0.2) is 0 Å². The number of hydrogen-bond acceptors (Lipinski definition) is 2. The zero-order chi connectivity index (χ0) is 15.4. The first-order chi connectivity index (χ1) is 9.99. The van der Waals surface area contributed by atoms with Gasteiger partial charge >= 0.3 is 0 Å². The third-order valence-corrected chi connectivity index (χ3v) is 4.48. The maximum Gasteiger partial charge on any atom is 0.238 e. The Morgan fingerprint density at radius 1 is 1.38 bits per heavy atom. The SMILES string of the molecule is Cc1cccc(C(C)C)c1NC(=O)CN1CCCCC1C. The van der Waals surface area contributed by atoms with Crippen molar-refractivity contribution in [3.8, 4) is 0 Å². The molecular weight excluding hydrogens is 260 g/mol. The molecular formula is C18H28N2O. The van der Waals surface area contributed by atoms with Crippen LogP contribution in [0, 0.1) is 6.92 Å². The summed E-state index contributed by atoms with van der Waals surface area (Å²) in [6.07, 6.45) is 3.70. The Kier molecular flexibility index (Phi) is 5.40. The first-order valence-corrected chi connectivity index (χ1v) is 8.12. The molecule has 1 aromatic carbocycles. The van der Waals surface area contributed by atoms with Crippen LogP contribution in [0.1, 0.15) is 57.1 Å². The summed E-state index contributed by atoms with van der Waals surface area (Å²) in [4.78, 5) is 14.7. The summed E-state index contributed by atoms with van der Waals surface area (Å²) in [5.41, 5.74) is 3.36. The van der Waals surface area contributed by atoms with Crippen molar-refractivity contribution in [1.29, 1.82) is 0 Å². The Labute approximate surface area is 128 Å². The molecule has 2 rings (SSSR count). The van der Waals surface area contributed by atoms with Crippen molar-refractivity contribution in [1.82, 2.24) is 4.90 Å². The number of para-hydroxylation sites is 1. The van der Waals surface area contributed by atoms with Gasteiger partial charge in [0.2, 0.25) is 5.91 Å². The Morgan fingerprint density at radius 3 is 2.81 bits per heavy atom. The third kappa shape index (κ3) is 4.07. The lowest BCUT2D eigenvalue weighted by Gasteiger charge is -2.32. The van der Waals surface area contributed by atoms with E-state index in [1.165, 1.54) is 24.8 Å². The van der Waals surface area contributed by atoms with E-state index in [4.69, 9.17) is 0 Å². The largest absolute Gasteiger partial charge is 0.324 e. The van der Waals surface area contributed by atoms with Gasteiger partial charge < -0.3 is 5.32 Å². The fraction of sp³-hybridized carbons (Fsp3) is 0.611. The Hall–Kier alpha value is -1.35. The highest BCUT2D eigenvalue weighted by atomic mass is 16.2. The van der Waals surface area contributed by atoms with Gasteiger partial charge in [-0.15, -0.1) is 0 Å². The molecule has 3 nitrogen and oxygen atoms in total. The van der Waals surface area contributed by atoms with Gasteiger partial charge in [-0.25, -0.2) is 0 Å². The molecule has 1 atom stereocenters. The highest BCUT2D eigenvalue weighted by molar-refractivity contribution is 5.94. The van der Waals surface area contributed by atoms with Crippen LogP contribution in [-0.2, 0) is 4.79 Å². The molecule has 1 amide bonds. The molecule has 1 N–H and O–H groups in total. The quantitative estimate of drug-likeness (QED) is 0.910. The van der Waals surface area contributed by atoms with Crippen LogP contribution >= 0.6 is 0 Å². The predicted octanol–water partition coefficient (Wildman–Crippen LogP) is 3.93. The molecule has 1 unspecified atom stereocenters. The zero-order valence-corrected chi connectivity index (χ0v) is 13.8. The van der Waals surface area contributed by atoms with Gasteiger partial charge in [-0.3, -0.25) is 9.69 Å². The maximum atomic E-state index is 12.4. The number of benzene rings is 1. The number of hydrogen-bond donors (Lipinski definition) is 1. The van der Waals surface area contributed by atoms with Crippen molar-refractivity contribution in [2.45, 2.75) is 58.9 Å². The number of nitrogens with zero attached hydrogens (tertiary/aromatic N) is 1. The summed E-state index contributed by atoms with van der Waals surface area (Å²) in [7, 11) is 0. The van der Waals surface area contributed by atoms with E-state index in [0.29, 0.717) is 18.5 Å². The molecule has 0 bridgehead atoms. The molecule has 1 aliphatic rings. The molecule has 0 aromatic heterocycles. The van der Waals surface area contributed by atoms with Crippen LogP contribution in [0.4, 0.5) is 5.69 Å². The van der Waals surface area contributed by atoms with Crippen LogP contribution in [0.5, 0.6) is 0 Å². The van der Waals surface area contributed by atoms with E-state index in [2.05, 4.69) is 56.1 Å². The van der Waals surface area contributed by atoms with Gasteiger partial charge in [-0.1, -0.05) is 38.5 Å². The molecule has 1 saturated heterocycles. The van der Waals surface area contributed by atoms with Gasteiger partial charge in [0.05, 0.1) is 6.54 Å².